The van der Waals surface area contributed by atoms with Crippen molar-refractivity contribution in [3.05, 3.63) is 28.8 Å². The summed E-state index contributed by atoms with van der Waals surface area (Å²) in [5.41, 5.74) is 4.10. The van der Waals surface area contributed by atoms with E-state index in [2.05, 4.69) is 11.4 Å². The third-order valence-electron chi connectivity index (χ3n) is 3.12. The van der Waals surface area contributed by atoms with Crippen LogP contribution in [0, 0.1) is 26.7 Å². The van der Waals surface area contributed by atoms with Gasteiger partial charge in [-0.3, -0.25) is 4.79 Å². The van der Waals surface area contributed by atoms with Crippen molar-refractivity contribution in [1.29, 1.82) is 0 Å². The van der Waals surface area contributed by atoms with Crippen LogP contribution in [0.5, 0.6) is 0 Å². The summed E-state index contributed by atoms with van der Waals surface area (Å²) in [6, 6.07) is 4.00. The topological polar surface area (TPSA) is 29.1 Å². The van der Waals surface area contributed by atoms with Crippen LogP contribution in [0.3, 0.4) is 0 Å². The van der Waals surface area contributed by atoms with Gasteiger partial charge in [0, 0.05) is 5.69 Å². The Morgan fingerprint density at radius 3 is 2.56 bits per heavy atom. The summed E-state index contributed by atoms with van der Waals surface area (Å²) >= 11 is 0. The Labute approximate surface area is 94.9 Å². The number of carbonyl (C=O) groups is 1. The Hall–Kier alpha value is -1.38. The Morgan fingerprint density at radius 2 is 2.00 bits per heavy atom. The minimum Gasteiger partial charge on any atom is -0.325 e. The molecule has 0 heterocycles. The number of hydrogen-bond acceptors (Lipinski definition) is 1. The maximum atomic E-state index is 12.7. The summed E-state index contributed by atoms with van der Waals surface area (Å²) in [6.45, 7) is 5.95. The zero-order chi connectivity index (χ0) is 11.9. The lowest BCUT2D eigenvalue weighted by molar-refractivity contribution is -0.117. The molecule has 86 valence electrons. The first-order chi connectivity index (χ1) is 7.49. The number of rotatable bonds is 2. The second kappa shape index (κ2) is 3.89. The SMILES string of the molecule is Cc1cc(C)c(C)c(NC(=O)[C@H]2C[C@H]2F)c1. The molecule has 2 rings (SSSR count). The molecule has 3 heteroatoms. The van der Waals surface area contributed by atoms with Gasteiger partial charge in [-0.15, -0.1) is 0 Å². The van der Waals surface area contributed by atoms with Crippen molar-refractivity contribution >= 4 is 11.6 Å². The molecule has 1 saturated carbocycles. The number of aryl methyl sites for hydroxylation is 2. The standard InChI is InChI=1S/C13H16FNO/c1-7-4-8(2)9(3)12(5-7)15-13(16)10-6-11(10)14/h4-5,10-11H,6H2,1-3H3,(H,15,16)/t10-,11+/m0/s1. The Morgan fingerprint density at radius 1 is 1.38 bits per heavy atom. The van der Waals surface area contributed by atoms with Gasteiger partial charge in [-0.1, -0.05) is 6.07 Å². The summed E-state index contributed by atoms with van der Waals surface area (Å²) in [5.74, 6) is -0.624. The number of amides is 1. The minimum absolute atomic E-state index is 0.194. The first-order valence-corrected chi connectivity index (χ1v) is 5.52. The zero-order valence-corrected chi connectivity index (χ0v) is 9.80. The fourth-order valence-corrected chi connectivity index (χ4v) is 1.83. The van der Waals surface area contributed by atoms with Gasteiger partial charge >= 0.3 is 0 Å². The number of anilines is 1. The molecule has 0 bridgehead atoms. The summed E-state index contributed by atoms with van der Waals surface area (Å²) < 4.78 is 12.7. The average Bonchev–Trinajstić information content (AvgIpc) is 2.91. The highest BCUT2D eigenvalue weighted by Gasteiger charge is 2.43. The fraction of sp³-hybridized carbons (Fsp3) is 0.462. The van der Waals surface area contributed by atoms with E-state index in [1.807, 2.05) is 26.8 Å². The van der Waals surface area contributed by atoms with Crippen LogP contribution in [-0.2, 0) is 4.79 Å². The number of nitrogens with one attached hydrogen (secondary N) is 1. The van der Waals surface area contributed by atoms with Gasteiger partial charge in [0.25, 0.3) is 0 Å². The molecule has 2 nitrogen and oxygen atoms in total. The maximum absolute atomic E-state index is 12.7. The molecular formula is C13H16FNO. The van der Waals surface area contributed by atoms with Crippen LogP contribution in [0.2, 0.25) is 0 Å². The number of halogens is 1. The largest absolute Gasteiger partial charge is 0.325 e. The number of benzene rings is 1. The lowest BCUT2D eigenvalue weighted by Crippen LogP contribution is -2.16. The van der Waals surface area contributed by atoms with Gasteiger partial charge in [-0.05, 0) is 49.9 Å². The molecule has 0 radical (unpaired) electrons. The minimum atomic E-state index is -0.939. The molecule has 0 unspecified atom stereocenters. The molecule has 0 saturated heterocycles. The highest BCUT2D eigenvalue weighted by molar-refractivity contribution is 5.95. The molecule has 16 heavy (non-hydrogen) atoms. The molecule has 1 N–H and O–H groups in total. The summed E-state index contributed by atoms with van der Waals surface area (Å²) in [7, 11) is 0. The van der Waals surface area contributed by atoms with E-state index in [-0.39, 0.29) is 5.91 Å². The third kappa shape index (κ3) is 2.08. The molecule has 1 aromatic rings. The molecule has 1 amide bonds. The van der Waals surface area contributed by atoms with Crippen molar-refractivity contribution in [1.82, 2.24) is 0 Å². The maximum Gasteiger partial charge on any atom is 0.230 e. The highest BCUT2D eigenvalue weighted by atomic mass is 19.1. The van der Waals surface area contributed by atoms with Gasteiger partial charge < -0.3 is 5.32 Å². The molecule has 1 aliphatic carbocycles. The second-order valence-corrected chi connectivity index (χ2v) is 4.60. The molecule has 0 spiro atoms. The van der Waals surface area contributed by atoms with E-state index in [1.165, 1.54) is 0 Å². The van der Waals surface area contributed by atoms with Crippen LogP contribution in [0.25, 0.3) is 0 Å². The van der Waals surface area contributed by atoms with Crippen molar-refractivity contribution in [2.24, 2.45) is 5.92 Å². The Kier molecular flexibility index (Phi) is 2.70. The zero-order valence-electron chi connectivity index (χ0n) is 9.80. The van der Waals surface area contributed by atoms with Gasteiger partial charge in [0.15, 0.2) is 0 Å². The van der Waals surface area contributed by atoms with E-state index >= 15 is 0 Å². The van der Waals surface area contributed by atoms with Crippen molar-refractivity contribution in [3.8, 4) is 0 Å². The van der Waals surface area contributed by atoms with E-state index in [0.717, 1.165) is 22.4 Å². The summed E-state index contributed by atoms with van der Waals surface area (Å²) in [4.78, 5) is 11.6. The monoisotopic (exact) mass is 221 g/mol. The molecule has 1 fully saturated rings. The average molecular weight is 221 g/mol. The molecule has 0 aliphatic heterocycles. The van der Waals surface area contributed by atoms with Gasteiger partial charge in [-0.25, -0.2) is 4.39 Å². The van der Waals surface area contributed by atoms with Crippen molar-refractivity contribution in [2.45, 2.75) is 33.4 Å². The van der Waals surface area contributed by atoms with Crippen LogP contribution in [-0.4, -0.2) is 12.1 Å². The van der Waals surface area contributed by atoms with Gasteiger partial charge in [0.05, 0.1) is 5.92 Å². The van der Waals surface area contributed by atoms with Crippen LogP contribution in [0.15, 0.2) is 12.1 Å². The number of alkyl halides is 1. The van der Waals surface area contributed by atoms with Crippen LogP contribution >= 0.6 is 0 Å². The van der Waals surface area contributed by atoms with Crippen molar-refractivity contribution in [3.63, 3.8) is 0 Å². The van der Waals surface area contributed by atoms with Gasteiger partial charge in [-0.2, -0.15) is 0 Å². The quantitative estimate of drug-likeness (QED) is 0.817. The summed E-state index contributed by atoms with van der Waals surface area (Å²) in [6.07, 6.45) is -0.568. The lowest BCUT2D eigenvalue weighted by atomic mass is 10.0. The number of carbonyl (C=O) groups excluding carboxylic acids is 1. The Bertz CT molecular complexity index is 442. The molecule has 0 aromatic heterocycles. The first kappa shape index (κ1) is 11.1. The molecular weight excluding hydrogens is 205 g/mol. The van der Waals surface area contributed by atoms with E-state index in [1.54, 1.807) is 0 Å². The Balaban J connectivity index is 2.18. The number of hydrogen-bond donors (Lipinski definition) is 1. The van der Waals surface area contributed by atoms with Crippen molar-refractivity contribution < 1.29 is 9.18 Å². The van der Waals surface area contributed by atoms with Gasteiger partial charge in [0.2, 0.25) is 5.91 Å². The van der Waals surface area contributed by atoms with Gasteiger partial charge in [0.1, 0.15) is 6.17 Å². The second-order valence-electron chi connectivity index (χ2n) is 4.60. The van der Waals surface area contributed by atoms with Crippen molar-refractivity contribution in [2.75, 3.05) is 5.32 Å². The van der Waals surface area contributed by atoms with E-state index < -0.39 is 12.1 Å². The normalized spacial score (nSPS) is 23.0. The predicted octanol–water partition coefficient (Wildman–Crippen LogP) is 2.91. The van der Waals surface area contributed by atoms with Crippen LogP contribution in [0.1, 0.15) is 23.1 Å². The summed E-state index contributed by atoms with van der Waals surface area (Å²) in [5, 5.41) is 2.81. The molecule has 1 aliphatic rings. The third-order valence-corrected chi connectivity index (χ3v) is 3.12. The highest BCUT2D eigenvalue weighted by Crippen LogP contribution is 2.35. The van der Waals surface area contributed by atoms with E-state index in [9.17, 15) is 9.18 Å². The lowest BCUT2D eigenvalue weighted by Gasteiger charge is -2.11. The first-order valence-electron chi connectivity index (χ1n) is 5.52. The fourth-order valence-electron chi connectivity index (χ4n) is 1.83. The van der Waals surface area contributed by atoms with E-state index in [4.69, 9.17) is 0 Å². The van der Waals surface area contributed by atoms with Crippen LogP contribution in [0.4, 0.5) is 10.1 Å². The molecule has 2 atom stereocenters. The smallest absolute Gasteiger partial charge is 0.230 e. The molecule has 1 aromatic carbocycles. The predicted molar refractivity (Wildman–Crippen MR) is 62.3 cm³/mol. The van der Waals surface area contributed by atoms with E-state index in [0.29, 0.717) is 6.42 Å². The van der Waals surface area contributed by atoms with Crippen LogP contribution < -0.4 is 5.32 Å².